The van der Waals surface area contributed by atoms with Gasteiger partial charge in [0, 0.05) is 13.1 Å². The smallest absolute Gasteiger partial charge is 0.122 e. The van der Waals surface area contributed by atoms with Gasteiger partial charge in [0.05, 0.1) is 17.6 Å². The molecule has 0 amide bonds. The van der Waals surface area contributed by atoms with E-state index in [-0.39, 0.29) is 0 Å². The molecular formula is C12H17N3S. The maximum Gasteiger partial charge on any atom is 0.122 e. The zero-order valence-corrected chi connectivity index (χ0v) is 10.2. The number of nitrogens with two attached hydrogens (primary N) is 1. The van der Waals surface area contributed by atoms with Crippen LogP contribution in [0.15, 0.2) is 18.3 Å². The third kappa shape index (κ3) is 2.70. The summed E-state index contributed by atoms with van der Waals surface area (Å²) in [7, 11) is 0. The van der Waals surface area contributed by atoms with E-state index in [1.54, 1.807) is 0 Å². The van der Waals surface area contributed by atoms with Crippen LogP contribution < -0.4 is 10.6 Å². The molecule has 2 rings (SSSR count). The predicted octanol–water partition coefficient (Wildman–Crippen LogP) is 2.10. The molecule has 1 aliphatic heterocycles. The van der Waals surface area contributed by atoms with Crippen molar-refractivity contribution in [1.29, 1.82) is 0 Å². The summed E-state index contributed by atoms with van der Waals surface area (Å²) >= 11 is 4.89. The molecule has 2 heterocycles. The van der Waals surface area contributed by atoms with Crippen molar-refractivity contribution in [2.24, 2.45) is 5.73 Å². The van der Waals surface area contributed by atoms with Crippen molar-refractivity contribution < 1.29 is 0 Å². The minimum absolute atomic E-state index is 0.363. The van der Waals surface area contributed by atoms with E-state index in [0.29, 0.717) is 10.7 Å². The highest BCUT2D eigenvalue weighted by Crippen LogP contribution is 2.18. The second-order valence-corrected chi connectivity index (χ2v) is 4.61. The van der Waals surface area contributed by atoms with E-state index in [2.05, 4.69) is 16.0 Å². The van der Waals surface area contributed by atoms with Gasteiger partial charge < -0.3 is 10.6 Å². The lowest BCUT2D eigenvalue weighted by molar-refractivity contribution is 0.726. The Balaban J connectivity index is 2.10. The first-order chi connectivity index (χ1) is 7.77. The largest absolute Gasteiger partial charge is 0.388 e. The van der Waals surface area contributed by atoms with E-state index in [0.717, 1.165) is 13.1 Å². The topological polar surface area (TPSA) is 42.1 Å². The number of aromatic nitrogens is 1. The molecule has 0 aromatic carbocycles. The van der Waals surface area contributed by atoms with Crippen molar-refractivity contribution in [3.05, 3.63) is 24.0 Å². The molecule has 1 aliphatic rings. The lowest BCUT2D eigenvalue weighted by Gasteiger charge is -2.22. The zero-order chi connectivity index (χ0) is 11.4. The Labute approximate surface area is 102 Å². The Kier molecular flexibility index (Phi) is 3.72. The van der Waals surface area contributed by atoms with Crippen LogP contribution in [0.5, 0.6) is 0 Å². The van der Waals surface area contributed by atoms with Gasteiger partial charge in [-0.1, -0.05) is 25.1 Å². The molecule has 0 spiro atoms. The molecule has 16 heavy (non-hydrogen) atoms. The lowest BCUT2D eigenvalue weighted by Crippen LogP contribution is -2.24. The molecule has 1 aromatic heterocycles. The summed E-state index contributed by atoms with van der Waals surface area (Å²) in [6.07, 6.45) is 7.11. The number of pyridine rings is 1. The van der Waals surface area contributed by atoms with Gasteiger partial charge in [-0.2, -0.15) is 0 Å². The maximum absolute atomic E-state index is 5.52. The molecule has 1 saturated heterocycles. The summed E-state index contributed by atoms with van der Waals surface area (Å²) in [6.45, 7) is 2.27. The van der Waals surface area contributed by atoms with Crippen molar-refractivity contribution in [3.63, 3.8) is 0 Å². The molecule has 0 bridgehead atoms. The van der Waals surface area contributed by atoms with Crippen molar-refractivity contribution in [3.8, 4) is 0 Å². The highest BCUT2D eigenvalue weighted by molar-refractivity contribution is 7.80. The average Bonchev–Trinajstić information content (AvgIpc) is 2.57. The second kappa shape index (κ2) is 5.25. The van der Waals surface area contributed by atoms with E-state index in [1.165, 1.54) is 31.4 Å². The molecule has 0 unspecified atom stereocenters. The summed E-state index contributed by atoms with van der Waals surface area (Å²) in [5.74, 6) is 0. The summed E-state index contributed by atoms with van der Waals surface area (Å²) in [6, 6.07) is 3.97. The Morgan fingerprint density at radius 2 is 1.88 bits per heavy atom. The normalized spacial score (nSPS) is 16.9. The van der Waals surface area contributed by atoms with Crippen molar-refractivity contribution in [1.82, 2.24) is 4.98 Å². The SMILES string of the molecule is NC(=S)c1ccc(N2CCCCCC2)cn1. The van der Waals surface area contributed by atoms with Crippen LogP contribution in [0.2, 0.25) is 0 Å². The monoisotopic (exact) mass is 235 g/mol. The van der Waals surface area contributed by atoms with Crippen molar-refractivity contribution in [2.75, 3.05) is 18.0 Å². The molecule has 4 heteroatoms. The third-order valence-electron chi connectivity index (χ3n) is 2.97. The summed E-state index contributed by atoms with van der Waals surface area (Å²) in [5, 5.41) is 0. The van der Waals surface area contributed by atoms with Crippen LogP contribution in [0.1, 0.15) is 31.4 Å². The van der Waals surface area contributed by atoms with Crippen LogP contribution in [-0.2, 0) is 0 Å². The minimum atomic E-state index is 0.363. The van der Waals surface area contributed by atoms with E-state index >= 15 is 0 Å². The lowest BCUT2D eigenvalue weighted by atomic mass is 10.2. The van der Waals surface area contributed by atoms with Crippen LogP contribution in [0.4, 0.5) is 5.69 Å². The molecular weight excluding hydrogens is 218 g/mol. The Morgan fingerprint density at radius 1 is 1.19 bits per heavy atom. The second-order valence-electron chi connectivity index (χ2n) is 4.17. The number of thiocarbonyl (C=S) groups is 1. The van der Waals surface area contributed by atoms with Crippen LogP contribution in [0.25, 0.3) is 0 Å². The summed E-state index contributed by atoms with van der Waals surface area (Å²) < 4.78 is 0. The summed E-state index contributed by atoms with van der Waals surface area (Å²) in [5.41, 5.74) is 7.41. The molecule has 1 fully saturated rings. The van der Waals surface area contributed by atoms with Gasteiger partial charge in [-0.3, -0.25) is 4.98 Å². The fourth-order valence-corrected chi connectivity index (χ4v) is 2.17. The molecule has 86 valence electrons. The molecule has 0 radical (unpaired) electrons. The van der Waals surface area contributed by atoms with Gasteiger partial charge in [0.25, 0.3) is 0 Å². The minimum Gasteiger partial charge on any atom is -0.388 e. The predicted molar refractivity (Wildman–Crippen MR) is 70.8 cm³/mol. The number of rotatable bonds is 2. The quantitative estimate of drug-likeness (QED) is 0.797. The standard InChI is InChI=1S/C12H17N3S/c13-12(16)11-6-5-10(9-14-11)15-7-3-1-2-4-8-15/h5-6,9H,1-4,7-8H2,(H2,13,16). The molecule has 1 aromatic rings. The highest BCUT2D eigenvalue weighted by Gasteiger charge is 2.10. The number of anilines is 1. The number of nitrogens with zero attached hydrogens (tertiary/aromatic N) is 2. The van der Waals surface area contributed by atoms with Gasteiger partial charge in [0.1, 0.15) is 4.99 Å². The van der Waals surface area contributed by atoms with Gasteiger partial charge in [-0.15, -0.1) is 0 Å². The molecule has 0 saturated carbocycles. The third-order valence-corrected chi connectivity index (χ3v) is 3.18. The first kappa shape index (κ1) is 11.3. The molecule has 3 nitrogen and oxygen atoms in total. The van der Waals surface area contributed by atoms with E-state index in [9.17, 15) is 0 Å². The molecule has 2 N–H and O–H groups in total. The fraction of sp³-hybridized carbons (Fsp3) is 0.500. The fourth-order valence-electron chi connectivity index (χ4n) is 2.05. The average molecular weight is 235 g/mol. The van der Waals surface area contributed by atoms with Crippen molar-refractivity contribution in [2.45, 2.75) is 25.7 Å². The number of hydrogen-bond donors (Lipinski definition) is 1. The Bertz CT molecular complexity index is 353. The van der Waals surface area contributed by atoms with Crippen molar-refractivity contribution >= 4 is 22.9 Å². The van der Waals surface area contributed by atoms with E-state index < -0.39 is 0 Å². The van der Waals surface area contributed by atoms with Gasteiger partial charge in [0.2, 0.25) is 0 Å². The highest BCUT2D eigenvalue weighted by atomic mass is 32.1. The molecule has 0 aliphatic carbocycles. The van der Waals surface area contributed by atoms with Gasteiger partial charge in [-0.05, 0) is 25.0 Å². The van der Waals surface area contributed by atoms with Crippen LogP contribution >= 0.6 is 12.2 Å². The van der Waals surface area contributed by atoms with E-state index in [4.69, 9.17) is 18.0 Å². The first-order valence-electron chi connectivity index (χ1n) is 5.78. The van der Waals surface area contributed by atoms with Gasteiger partial charge >= 0.3 is 0 Å². The Morgan fingerprint density at radius 3 is 2.38 bits per heavy atom. The molecule has 0 atom stereocenters. The number of hydrogen-bond acceptors (Lipinski definition) is 3. The first-order valence-corrected chi connectivity index (χ1v) is 6.19. The van der Waals surface area contributed by atoms with Gasteiger partial charge in [0.15, 0.2) is 0 Å². The van der Waals surface area contributed by atoms with E-state index in [1.807, 2.05) is 12.3 Å². The Hall–Kier alpha value is -1.16. The zero-order valence-electron chi connectivity index (χ0n) is 9.35. The summed E-state index contributed by atoms with van der Waals surface area (Å²) in [4.78, 5) is 7.03. The van der Waals surface area contributed by atoms with Gasteiger partial charge in [-0.25, -0.2) is 0 Å². The maximum atomic E-state index is 5.52. The van der Waals surface area contributed by atoms with Crippen LogP contribution in [0, 0.1) is 0 Å². The van der Waals surface area contributed by atoms with Crippen LogP contribution in [0.3, 0.4) is 0 Å². The van der Waals surface area contributed by atoms with Crippen LogP contribution in [-0.4, -0.2) is 23.1 Å².